The molecule has 1 N–H and O–H groups in total. The quantitative estimate of drug-likeness (QED) is 0.916. The van der Waals surface area contributed by atoms with Crippen LogP contribution in [0.25, 0.3) is 0 Å². The van der Waals surface area contributed by atoms with Gasteiger partial charge in [0.2, 0.25) is 0 Å². The van der Waals surface area contributed by atoms with Gasteiger partial charge in [0.05, 0.1) is 12.3 Å². The average molecular weight is 314 g/mol. The number of fused-ring (bicyclic) bond motifs is 1. The van der Waals surface area contributed by atoms with Crippen LogP contribution in [-0.2, 0) is 31.4 Å². The van der Waals surface area contributed by atoms with Crippen LogP contribution in [0.5, 0.6) is 0 Å². The highest BCUT2D eigenvalue weighted by atomic mass is 16.5. The van der Waals surface area contributed by atoms with Gasteiger partial charge in [0.15, 0.2) is 0 Å². The molecule has 0 unspecified atom stereocenters. The Morgan fingerprint density at radius 3 is 3.09 bits per heavy atom. The molecule has 1 saturated carbocycles. The summed E-state index contributed by atoms with van der Waals surface area (Å²) in [6.07, 6.45) is 5.20. The first kappa shape index (κ1) is 14.5. The number of rotatable bonds is 5. The molecule has 0 spiro atoms. The zero-order valence-electron chi connectivity index (χ0n) is 13.4. The fourth-order valence-electron chi connectivity index (χ4n) is 3.20. The maximum absolute atomic E-state index is 12.5. The second-order valence-corrected chi connectivity index (χ2v) is 6.51. The molecule has 4 rings (SSSR count). The number of nitrogens with zero attached hydrogens (tertiary/aromatic N) is 3. The Bertz CT molecular complexity index is 701. The van der Waals surface area contributed by atoms with Crippen LogP contribution >= 0.6 is 0 Å². The standard InChI is InChI=1S/C17H22N4O2/c1-20-16-6-8-21(17(22)14-3-2-7-18-14)9-13(16)15(19-20)11-23-10-12-4-5-12/h2-3,7,12,18H,4-6,8-11H2,1H3. The predicted octanol–water partition coefficient (Wildman–Crippen LogP) is 1.87. The number of amides is 1. The summed E-state index contributed by atoms with van der Waals surface area (Å²) < 4.78 is 7.75. The van der Waals surface area contributed by atoms with E-state index < -0.39 is 0 Å². The summed E-state index contributed by atoms with van der Waals surface area (Å²) in [5.74, 6) is 0.801. The molecule has 0 bridgehead atoms. The number of aromatic amines is 1. The van der Waals surface area contributed by atoms with Crippen molar-refractivity contribution in [1.82, 2.24) is 19.7 Å². The van der Waals surface area contributed by atoms with Gasteiger partial charge in [-0.25, -0.2) is 0 Å². The largest absolute Gasteiger partial charge is 0.375 e. The monoisotopic (exact) mass is 314 g/mol. The Hall–Kier alpha value is -2.08. The minimum atomic E-state index is 0.0503. The number of ether oxygens (including phenoxy) is 1. The van der Waals surface area contributed by atoms with E-state index in [1.807, 2.05) is 28.8 Å². The van der Waals surface area contributed by atoms with Gasteiger partial charge < -0.3 is 14.6 Å². The lowest BCUT2D eigenvalue weighted by Crippen LogP contribution is -2.36. The van der Waals surface area contributed by atoms with Crippen molar-refractivity contribution in [2.24, 2.45) is 13.0 Å². The molecular weight excluding hydrogens is 292 g/mol. The van der Waals surface area contributed by atoms with Gasteiger partial charge in [-0.2, -0.15) is 5.10 Å². The van der Waals surface area contributed by atoms with E-state index in [0.717, 1.165) is 36.7 Å². The topological polar surface area (TPSA) is 63.1 Å². The van der Waals surface area contributed by atoms with E-state index in [-0.39, 0.29) is 5.91 Å². The minimum Gasteiger partial charge on any atom is -0.375 e. The lowest BCUT2D eigenvalue weighted by atomic mass is 10.0. The number of H-pyrrole nitrogens is 1. The minimum absolute atomic E-state index is 0.0503. The molecule has 6 nitrogen and oxygen atoms in total. The summed E-state index contributed by atoms with van der Waals surface area (Å²) in [6.45, 7) is 2.72. The number of carbonyl (C=O) groups is 1. The van der Waals surface area contributed by atoms with Crippen molar-refractivity contribution in [3.8, 4) is 0 Å². The maximum atomic E-state index is 12.5. The fraction of sp³-hybridized carbons (Fsp3) is 0.529. The highest BCUT2D eigenvalue weighted by molar-refractivity contribution is 5.92. The zero-order valence-corrected chi connectivity index (χ0v) is 13.4. The molecule has 0 atom stereocenters. The van der Waals surface area contributed by atoms with Gasteiger partial charge in [-0.1, -0.05) is 0 Å². The number of carbonyl (C=O) groups excluding carboxylic acids is 1. The van der Waals surface area contributed by atoms with E-state index in [1.165, 1.54) is 18.5 Å². The van der Waals surface area contributed by atoms with Gasteiger partial charge in [0, 0.05) is 50.6 Å². The number of aromatic nitrogens is 3. The molecule has 1 aliphatic carbocycles. The van der Waals surface area contributed by atoms with Gasteiger partial charge in [0.1, 0.15) is 5.69 Å². The highest BCUT2D eigenvalue weighted by Crippen LogP contribution is 2.29. The van der Waals surface area contributed by atoms with E-state index in [0.29, 0.717) is 18.8 Å². The van der Waals surface area contributed by atoms with Crippen LogP contribution in [0.2, 0.25) is 0 Å². The van der Waals surface area contributed by atoms with Gasteiger partial charge in [-0.05, 0) is 30.9 Å². The second-order valence-electron chi connectivity index (χ2n) is 6.51. The molecule has 0 aromatic carbocycles. The first-order valence-electron chi connectivity index (χ1n) is 8.26. The number of hydrogen-bond donors (Lipinski definition) is 1. The summed E-state index contributed by atoms with van der Waals surface area (Å²) in [4.78, 5) is 17.4. The molecule has 1 aliphatic heterocycles. The van der Waals surface area contributed by atoms with Crippen LogP contribution in [-0.4, -0.2) is 38.7 Å². The summed E-state index contributed by atoms with van der Waals surface area (Å²) in [7, 11) is 1.98. The Morgan fingerprint density at radius 1 is 1.48 bits per heavy atom. The summed E-state index contributed by atoms with van der Waals surface area (Å²) >= 11 is 0. The Morgan fingerprint density at radius 2 is 2.35 bits per heavy atom. The van der Waals surface area contributed by atoms with Crippen molar-refractivity contribution in [3.05, 3.63) is 41.0 Å². The first-order valence-corrected chi connectivity index (χ1v) is 8.26. The van der Waals surface area contributed by atoms with Crippen molar-refractivity contribution in [2.75, 3.05) is 13.2 Å². The molecule has 2 aromatic rings. The molecule has 0 radical (unpaired) electrons. The van der Waals surface area contributed by atoms with Crippen molar-refractivity contribution >= 4 is 5.91 Å². The molecule has 3 heterocycles. The van der Waals surface area contributed by atoms with Crippen LogP contribution < -0.4 is 0 Å². The van der Waals surface area contributed by atoms with E-state index >= 15 is 0 Å². The average Bonchev–Trinajstić information content (AvgIpc) is 3.11. The summed E-state index contributed by atoms with van der Waals surface area (Å²) in [5, 5.41) is 4.61. The lowest BCUT2D eigenvalue weighted by Gasteiger charge is -2.27. The third-order valence-electron chi connectivity index (χ3n) is 4.73. The molecule has 1 amide bonds. The maximum Gasteiger partial charge on any atom is 0.270 e. The van der Waals surface area contributed by atoms with Crippen molar-refractivity contribution in [3.63, 3.8) is 0 Å². The fourth-order valence-corrected chi connectivity index (χ4v) is 3.20. The molecule has 23 heavy (non-hydrogen) atoms. The van der Waals surface area contributed by atoms with Crippen molar-refractivity contribution in [1.29, 1.82) is 0 Å². The third-order valence-corrected chi connectivity index (χ3v) is 4.73. The van der Waals surface area contributed by atoms with E-state index in [2.05, 4.69) is 10.1 Å². The van der Waals surface area contributed by atoms with Gasteiger partial charge >= 0.3 is 0 Å². The third kappa shape index (κ3) is 2.91. The number of aryl methyl sites for hydroxylation is 1. The molecule has 2 aliphatic rings. The van der Waals surface area contributed by atoms with Crippen LogP contribution in [0.3, 0.4) is 0 Å². The van der Waals surface area contributed by atoms with Crippen LogP contribution in [0.1, 0.15) is 40.3 Å². The number of hydrogen-bond acceptors (Lipinski definition) is 3. The van der Waals surface area contributed by atoms with Crippen LogP contribution in [0, 0.1) is 5.92 Å². The summed E-state index contributed by atoms with van der Waals surface area (Å²) in [5.41, 5.74) is 4.01. The summed E-state index contributed by atoms with van der Waals surface area (Å²) in [6, 6.07) is 3.67. The number of nitrogens with one attached hydrogen (secondary N) is 1. The van der Waals surface area contributed by atoms with Crippen LogP contribution in [0.4, 0.5) is 0 Å². The smallest absolute Gasteiger partial charge is 0.270 e. The van der Waals surface area contributed by atoms with Crippen LogP contribution in [0.15, 0.2) is 18.3 Å². The first-order chi connectivity index (χ1) is 11.2. The zero-order chi connectivity index (χ0) is 15.8. The highest BCUT2D eigenvalue weighted by Gasteiger charge is 2.28. The lowest BCUT2D eigenvalue weighted by molar-refractivity contribution is 0.0723. The molecule has 0 saturated heterocycles. The van der Waals surface area contributed by atoms with Gasteiger partial charge in [-0.3, -0.25) is 9.48 Å². The van der Waals surface area contributed by atoms with E-state index in [9.17, 15) is 4.79 Å². The van der Waals surface area contributed by atoms with Gasteiger partial charge in [0.25, 0.3) is 5.91 Å². The Labute approximate surface area is 135 Å². The molecule has 122 valence electrons. The van der Waals surface area contributed by atoms with E-state index in [4.69, 9.17) is 4.74 Å². The Balaban J connectivity index is 1.49. The molecular formula is C17H22N4O2. The molecule has 6 heteroatoms. The second kappa shape index (κ2) is 5.85. The SMILES string of the molecule is Cn1nc(COCC2CC2)c2c1CCN(C(=O)c1ccc[nH]1)C2. The predicted molar refractivity (Wildman–Crippen MR) is 84.8 cm³/mol. The Kier molecular flexibility index (Phi) is 3.69. The normalized spacial score (nSPS) is 17.3. The molecule has 2 aromatic heterocycles. The van der Waals surface area contributed by atoms with Crippen molar-refractivity contribution in [2.45, 2.75) is 32.4 Å². The van der Waals surface area contributed by atoms with Gasteiger partial charge in [-0.15, -0.1) is 0 Å². The van der Waals surface area contributed by atoms with E-state index in [1.54, 1.807) is 6.20 Å². The molecule has 1 fully saturated rings. The van der Waals surface area contributed by atoms with Crippen molar-refractivity contribution < 1.29 is 9.53 Å².